The first-order chi connectivity index (χ1) is 15.4. The molecule has 3 heterocycles. The van der Waals surface area contributed by atoms with Crippen molar-refractivity contribution >= 4 is 22.1 Å². The van der Waals surface area contributed by atoms with Gasteiger partial charge >= 0.3 is 6.03 Å². The SMILES string of the molecule is CS(=O)(=O)NC1CCN2C(=O)N3CCC(/C=C/c4ccccc4-c4cccc(c4)CC12)C3. The predicted octanol–water partition coefficient (Wildman–Crippen LogP) is 3.36. The van der Waals surface area contributed by atoms with Gasteiger partial charge in [-0.3, -0.25) is 0 Å². The third-order valence-electron chi connectivity index (χ3n) is 6.84. The van der Waals surface area contributed by atoms with E-state index in [4.69, 9.17) is 0 Å². The number of amides is 2. The molecule has 3 unspecified atom stereocenters. The van der Waals surface area contributed by atoms with Gasteiger partial charge in [0, 0.05) is 25.7 Å². The number of urea groups is 1. The van der Waals surface area contributed by atoms with Crippen molar-refractivity contribution in [2.24, 2.45) is 5.92 Å². The molecule has 32 heavy (non-hydrogen) atoms. The fourth-order valence-electron chi connectivity index (χ4n) is 5.31. The van der Waals surface area contributed by atoms with Gasteiger partial charge in [-0.25, -0.2) is 17.9 Å². The highest BCUT2D eigenvalue weighted by molar-refractivity contribution is 7.88. The first kappa shape index (κ1) is 21.2. The Morgan fingerprint density at radius 1 is 1.03 bits per heavy atom. The Balaban J connectivity index is 1.58. The fraction of sp³-hybridized carbons (Fsp3) is 0.400. The highest BCUT2D eigenvalue weighted by atomic mass is 32.2. The van der Waals surface area contributed by atoms with E-state index in [1.807, 2.05) is 15.9 Å². The van der Waals surface area contributed by atoms with Crippen molar-refractivity contribution in [2.75, 3.05) is 25.9 Å². The summed E-state index contributed by atoms with van der Waals surface area (Å²) in [5.74, 6) is 0.326. The lowest BCUT2D eigenvalue weighted by molar-refractivity contribution is 0.154. The normalized spacial score (nSPS) is 26.4. The molecule has 5 rings (SSSR count). The van der Waals surface area contributed by atoms with Crippen LogP contribution in [-0.2, 0) is 16.4 Å². The zero-order valence-corrected chi connectivity index (χ0v) is 19.1. The van der Waals surface area contributed by atoms with Crippen LogP contribution in [0.4, 0.5) is 4.79 Å². The molecule has 3 aliphatic rings. The highest BCUT2D eigenvalue weighted by Gasteiger charge is 2.41. The van der Waals surface area contributed by atoms with Crippen LogP contribution in [0.2, 0.25) is 0 Å². The summed E-state index contributed by atoms with van der Waals surface area (Å²) in [6, 6.07) is 16.3. The van der Waals surface area contributed by atoms with Crippen LogP contribution in [0.15, 0.2) is 54.6 Å². The summed E-state index contributed by atoms with van der Waals surface area (Å²) < 4.78 is 26.8. The zero-order chi connectivity index (χ0) is 22.3. The van der Waals surface area contributed by atoms with E-state index in [1.165, 1.54) is 17.4 Å². The van der Waals surface area contributed by atoms with Crippen molar-refractivity contribution in [2.45, 2.75) is 31.3 Å². The van der Waals surface area contributed by atoms with E-state index in [2.05, 4.69) is 59.3 Å². The second-order valence-corrected chi connectivity index (χ2v) is 11.0. The molecule has 2 saturated heterocycles. The van der Waals surface area contributed by atoms with Crippen molar-refractivity contribution < 1.29 is 13.2 Å². The van der Waals surface area contributed by atoms with Crippen LogP contribution < -0.4 is 4.72 Å². The molecule has 0 saturated carbocycles. The van der Waals surface area contributed by atoms with Gasteiger partial charge in [0.2, 0.25) is 10.0 Å². The number of benzene rings is 2. The molecular weight excluding hydrogens is 422 g/mol. The minimum absolute atomic E-state index is 0.0253. The molecule has 0 aliphatic carbocycles. The van der Waals surface area contributed by atoms with Crippen molar-refractivity contribution in [3.8, 4) is 11.1 Å². The number of sulfonamides is 1. The molecule has 0 spiro atoms. The Labute approximate surface area is 190 Å². The molecule has 2 aromatic carbocycles. The molecule has 0 aromatic heterocycles. The Morgan fingerprint density at radius 3 is 2.72 bits per heavy atom. The molecule has 2 aromatic rings. The summed E-state index contributed by atoms with van der Waals surface area (Å²) in [4.78, 5) is 17.3. The van der Waals surface area contributed by atoms with Crippen LogP contribution in [0.1, 0.15) is 24.0 Å². The average Bonchev–Trinajstić information content (AvgIpc) is 3.38. The Kier molecular flexibility index (Phi) is 5.55. The van der Waals surface area contributed by atoms with Gasteiger partial charge in [-0.05, 0) is 47.4 Å². The van der Waals surface area contributed by atoms with Crippen LogP contribution in [0.3, 0.4) is 0 Å². The maximum absolute atomic E-state index is 13.4. The molecule has 3 atom stereocenters. The average molecular weight is 452 g/mol. The Bertz CT molecular complexity index is 1160. The van der Waals surface area contributed by atoms with Gasteiger partial charge in [-0.2, -0.15) is 0 Å². The van der Waals surface area contributed by atoms with Gasteiger partial charge < -0.3 is 9.80 Å². The molecule has 2 fully saturated rings. The van der Waals surface area contributed by atoms with Crippen LogP contribution >= 0.6 is 0 Å². The van der Waals surface area contributed by atoms with Gasteiger partial charge in [0.1, 0.15) is 0 Å². The summed E-state index contributed by atoms with van der Waals surface area (Å²) in [7, 11) is -3.37. The number of hydrogen-bond donors (Lipinski definition) is 1. The summed E-state index contributed by atoms with van der Waals surface area (Å²) in [6.07, 6.45) is 7.80. The first-order valence-corrected chi connectivity index (χ1v) is 13.2. The minimum atomic E-state index is -3.37. The molecule has 4 bridgehead atoms. The molecule has 1 N–H and O–H groups in total. The lowest BCUT2D eigenvalue weighted by Crippen LogP contribution is -2.51. The van der Waals surface area contributed by atoms with E-state index >= 15 is 0 Å². The number of fused-ring (bicyclic) bond motifs is 7. The largest absolute Gasteiger partial charge is 0.324 e. The van der Waals surface area contributed by atoms with Crippen molar-refractivity contribution in [1.82, 2.24) is 14.5 Å². The summed E-state index contributed by atoms with van der Waals surface area (Å²) in [5, 5.41) is 0. The number of hydrogen-bond acceptors (Lipinski definition) is 3. The summed E-state index contributed by atoms with van der Waals surface area (Å²) in [5.41, 5.74) is 4.59. The maximum Gasteiger partial charge on any atom is 0.320 e. The summed E-state index contributed by atoms with van der Waals surface area (Å²) in [6.45, 7) is 2.00. The van der Waals surface area contributed by atoms with Crippen molar-refractivity contribution in [3.63, 3.8) is 0 Å². The topological polar surface area (TPSA) is 69.7 Å². The standard InChI is InChI=1S/C25H29N3O3S/c1-32(30,31)26-23-12-14-28-24(23)16-19-5-4-7-21(15-19)22-8-3-2-6-20(22)10-9-18-11-13-27(17-18)25(28)29/h2-10,15,18,23-24,26H,11-14,16-17H2,1H3/b10-9+. The number of carbonyl (C=O) groups excluding carboxylic acids is 1. The number of carbonyl (C=O) groups is 1. The minimum Gasteiger partial charge on any atom is -0.324 e. The quantitative estimate of drug-likeness (QED) is 0.761. The number of nitrogens with one attached hydrogen (secondary N) is 1. The van der Waals surface area contributed by atoms with E-state index in [0.717, 1.165) is 24.1 Å². The third-order valence-corrected chi connectivity index (χ3v) is 7.57. The second kappa shape index (κ2) is 8.37. The van der Waals surface area contributed by atoms with Gasteiger partial charge in [0.25, 0.3) is 0 Å². The Morgan fingerprint density at radius 2 is 1.88 bits per heavy atom. The smallest absolute Gasteiger partial charge is 0.320 e. The molecular formula is C25H29N3O3S. The fourth-order valence-corrected chi connectivity index (χ4v) is 6.13. The van der Waals surface area contributed by atoms with E-state index in [9.17, 15) is 13.2 Å². The maximum atomic E-state index is 13.4. The molecule has 0 radical (unpaired) electrons. The third kappa shape index (κ3) is 4.32. The Hall–Kier alpha value is -2.64. The lowest BCUT2D eigenvalue weighted by Gasteiger charge is -2.32. The number of rotatable bonds is 2. The van der Waals surface area contributed by atoms with E-state index in [1.54, 1.807) is 0 Å². The van der Waals surface area contributed by atoms with Crippen LogP contribution in [0.5, 0.6) is 0 Å². The van der Waals surface area contributed by atoms with Crippen LogP contribution in [-0.4, -0.2) is 62.2 Å². The second-order valence-electron chi connectivity index (χ2n) is 9.17. The molecule has 168 valence electrons. The van der Waals surface area contributed by atoms with E-state index in [0.29, 0.717) is 31.8 Å². The molecule has 3 aliphatic heterocycles. The summed E-state index contributed by atoms with van der Waals surface area (Å²) >= 11 is 0. The first-order valence-electron chi connectivity index (χ1n) is 11.3. The lowest BCUT2D eigenvalue weighted by atomic mass is 9.94. The molecule has 2 amide bonds. The van der Waals surface area contributed by atoms with E-state index in [-0.39, 0.29) is 18.1 Å². The van der Waals surface area contributed by atoms with Crippen molar-refractivity contribution in [1.29, 1.82) is 0 Å². The van der Waals surface area contributed by atoms with Gasteiger partial charge in [0.05, 0.1) is 12.3 Å². The van der Waals surface area contributed by atoms with Gasteiger partial charge in [-0.15, -0.1) is 0 Å². The van der Waals surface area contributed by atoms with Gasteiger partial charge in [-0.1, -0.05) is 60.7 Å². The van der Waals surface area contributed by atoms with Gasteiger partial charge in [0.15, 0.2) is 0 Å². The van der Waals surface area contributed by atoms with E-state index < -0.39 is 10.0 Å². The van der Waals surface area contributed by atoms with Crippen LogP contribution in [0.25, 0.3) is 17.2 Å². The van der Waals surface area contributed by atoms with Crippen LogP contribution in [0, 0.1) is 5.92 Å². The molecule has 6 nitrogen and oxygen atoms in total. The number of nitrogens with zero attached hydrogens (tertiary/aromatic N) is 2. The highest BCUT2D eigenvalue weighted by Crippen LogP contribution is 2.31. The monoisotopic (exact) mass is 451 g/mol. The predicted molar refractivity (Wildman–Crippen MR) is 127 cm³/mol. The zero-order valence-electron chi connectivity index (χ0n) is 18.3. The van der Waals surface area contributed by atoms with Crippen molar-refractivity contribution in [3.05, 3.63) is 65.7 Å². The molecule has 7 heteroatoms.